The van der Waals surface area contributed by atoms with E-state index in [0.717, 1.165) is 13.1 Å². The van der Waals surface area contributed by atoms with Crippen molar-refractivity contribution in [2.75, 3.05) is 41.8 Å². The number of nitrogens with zero attached hydrogens (tertiary/aromatic N) is 3. The first-order chi connectivity index (χ1) is 11.2. The van der Waals surface area contributed by atoms with Gasteiger partial charge < -0.3 is 20.3 Å². The Morgan fingerprint density at radius 3 is 2.52 bits per heavy atom. The zero-order valence-electron chi connectivity index (χ0n) is 12.3. The van der Waals surface area contributed by atoms with Gasteiger partial charge in [-0.1, -0.05) is 12.1 Å². The van der Waals surface area contributed by atoms with E-state index in [1.54, 1.807) is 12.1 Å². The fraction of sp³-hybridized carbons (Fsp3) is 0.267. The SMILES string of the molecule is O=C(Nc1cnc(N2CCOCC2)nc1)Nc1ccccc1F. The highest BCUT2D eigenvalue weighted by molar-refractivity contribution is 5.99. The summed E-state index contributed by atoms with van der Waals surface area (Å²) in [5, 5.41) is 4.99. The van der Waals surface area contributed by atoms with Crippen LogP contribution < -0.4 is 15.5 Å². The highest BCUT2D eigenvalue weighted by atomic mass is 19.1. The smallest absolute Gasteiger partial charge is 0.323 e. The van der Waals surface area contributed by atoms with Gasteiger partial charge in [0.1, 0.15) is 5.82 Å². The maximum absolute atomic E-state index is 13.5. The minimum absolute atomic E-state index is 0.107. The maximum Gasteiger partial charge on any atom is 0.323 e. The molecule has 0 spiro atoms. The van der Waals surface area contributed by atoms with Crippen LogP contribution >= 0.6 is 0 Å². The van der Waals surface area contributed by atoms with Gasteiger partial charge in [-0.15, -0.1) is 0 Å². The molecule has 2 heterocycles. The van der Waals surface area contributed by atoms with Gasteiger partial charge in [0.2, 0.25) is 5.95 Å². The van der Waals surface area contributed by atoms with E-state index >= 15 is 0 Å². The van der Waals surface area contributed by atoms with Crippen LogP contribution in [0, 0.1) is 5.82 Å². The van der Waals surface area contributed by atoms with E-state index in [9.17, 15) is 9.18 Å². The zero-order valence-corrected chi connectivity index (χ0v) is 12.3. The number of morpholine rings is 1. The normalized spacial score (nSPS) is 14.4. The second kappa shape index (κ2) is 7.01. The fourth-order valence-electron chi connectivity index (χ4n) is 2.16. The summed E-state index contributed by atoms with van der Waals surface area (Å²) in [4.78, 5) is 22.3. The average molecular weight is 317 g/mol. The molecule has 0 atom stereocenters. The Balaban J connectivity index is 1.59. The van der Waals surface area contributed by atoms with Gasteiger partial charge in [-0.3, -0.25) is 0 Å². The number of hydrogen-bond donors (Lipinski definition) is 2. The second-order valence-electron chi connectivity index (χ2n) is 4.93. The first-order valence-electron chi connectivity index (χ1n) is 7.19. The molecule has 2 amide bonds. The predicted molar refractivity (Wildman–Crippen MR) is 84.1 cm³/mol. The molecule has 1 aliphatic heterocycles. The van der Waals surface area contributed by atoms with E-state index < -0.39 is 11.8 Å². The highest BCUT2D eigenvalue weighted by Crippen LogP contribution is 2.14. The summed E-state index contributed by atoms with van der Waals surface area (Å²) in [5.41, 5.74) is 0.534. The number of amides is 2. The summed E-state index contributed by atoms with van der Waals surface area (Å²) in [7, 11) is 0. The van der Waals surface area contributed by atoms with Crippen molar-refractivity contribution in [2.45, 2.75) is 0 Å². The average Bonchev–Trinajstić information content (AvgIpc) is 2.58. The summed E-state index contributed by atoms with van der Waals surface area (Å²) in [5.74, 6) is 0.0925. The molecule has 2 aromatic rings. The first kappa shape index (κ1) is 15.2. The lowest BCUT2D eigenvalue weighted by Crippen LogP contribution is -2.37. The van der Waals surface area contributed by atoms with Gasteiger partial charge in [0.15, 0.2) is 0 Å². The van der Waals surface area contributed by atoms with Gasteiger partial charge in [0, 0.05) is 13.1 Å². The zero-order chi connectivity index (χ0) is 16.1. The lowest BCUT2D eigenvalue weighted by Gasteiger charge is -2.26. The molecule has 0 saturated carbocycles. The Morgan fingerprint density at radius 1 is 1.13 bits per heavy atom. The molecular formula is C15H16FN5O2. The van der Waals surface area contributed by atoms with Crippen molar-refractivity contribution >= 4 is 23.4 Å². The summed E-state index contributed by atoms with van der Waals surface area (Å²) < 4.78 is 18.7. The van der Waals surface area contributed by atoms with Gasteiger partial charge in [-0.2, -0.15) is 0 Å². The monoisotopic (exact) mass is 317 g/mol. The van der Waals surface area contributed by atoms with Gasteiger partial charge in [0.25, 0.3) is 0 Å². The summed E-state index contributed by atoms with van der Waals surface area (Å²) in [6.07, 6.45) is 3.03. The van der Waals surface area contributed by atoms with Gasteiger partial charge in [-0.05, 0) is 12.1 Å². The molecule has 1 aliphatic rings. The quantitative estimate of drug-likeness (QED) is 0.906. The van der Waals surface area contributed by atoms with Crippen molar-refractivity contribution in [3.8, 4) is 0 Å². The minimum atomic E-state index is -0.558. The molecule has 120 valence electrons. The van der Waals surface area contributed by atoms with Crippen LogP contribution in [0.3, 0.4) is 0 Å². The van der Waals surface area contributed by atoms with Crippen LogP contribution in [0.4, 0.5) is 26.5 Å². The third-order valence-electron chi connectivity index (χ3n) is 3.31. The van der Waals surface area contributed by atoms with Crippen molar-refractivity contribution < 1.29 is 13.9 Å². The molecule has 1 saturated heterocycles. The molecule has 7 nitrogen and oxygen atoms in total. The number of benzene rings is 1. The lowest BCUT2D eigenvalue weighted by molar-refractivity contribution is 0.122. The first-order valence-corrected chi connectivity index (χ1v) is 7.19. The number of halogens is 1. The van der Waals surface area contributed by atoms with Crippen molar-refractivity contribution in [3.63, 3.8) is 0 Å². The maximum atomic E-state index is 13.5. The van der Waals surface area contributed by atoms with Crippen LogP contribution in [0.5, 0.6) is 0 Å². The third kappa shape index (κ3) is 3.92. The number of rotatable bonds is 3. The number of anilines is 3. The number of urea groups is 1. The summed E-state index contributed by atoms with van der Waals surface area (Å²) in [6.45, 7) is 2.77. The van der Waals surface area contributed by atoms with E-state index in [1.807, 2.05) is 4.90 Å². The number of aromatic nitrogens is 2. The number of hydrogen-bond acceptors (Lipinski definition) is 5. The van der Waals surface area contributed by atoms with E-state index in [1.165, 1.54) is 24.5 Å². The predicted octanol–water partition coefficient (Wildman–Crippen LogP) is 2.10. The Morgan fingerprint density at radius 2 is 1.83 bits per heavy atom. The summed E-state index contributed by atoms with van der Waals surface area (Å²) >= 11 is 0. The van der Waals surface area contributed by atoms with E-state index in [2.05, 4.69) is 20.6 Å². The fourth-order valence-corrected chi connectivity index (χ4v) is 2.16. The van der Waals surface area contributed by atoms with Gasteiger partial charge in [-0.25, -0.2) is 19.2 Å². The van der Waals surface area contributed by atoms with Gasteiger partial charge >= 0.3 is 6.03 Å². The number of carbonyl (C=O) groups excluding carboxylic acids is 1. The molecule has 2 N–H and O–H groups in total. The Bertz CT molecular complexity index is 674. The third-order valence-corrected chi connectivity index (χ3v) is 3.31. The molecule has 0 bridgehead atoms. The molecule has 23 heavy (non-hydrogen) atoms. The largest absolute Gasteiger partial charge is 0.378 e. The molecule has 8 heteroatoms. The van der Waals surface area contributed by atoms with Gasteiger partial charge in [0.05, 0.1) is 37.0 Å². The van der Waals surface area contributed by atoms with Crippen molar-refractivity contribution in [2.24, 2.45) is 0 Å². The van der Waals surface area contributed by atoms with Crippen LogP contribution in [0.1, 0.15) is 0 Å². The Labute approximate surface area is 132 Å². The van der Waals surface area contributed by atoms with Crippen LogP contribution in [0.25, 0.3) is 0 Å². The Kier molecular flexibility index (Phi) is 4.62. The molecule has 0 unspecified atom stereocenters. The molecule has 1 aromatic carbocycles. The van der Waals surface area contributed by atoms with E-state index in [0.29, 0.717) is 24.8 Å². The van der Waals surface area contributed by atoms with Crippen LogP contribution in [0.2, 0.25) is 0 Å². The highest BCUT2D eigenvalue weighted by Gasteiger charge is 2.14. The summed E-state index contributed by atoms with van der Waals surface area (Å²) in [6, 6.07) is 5.39. The topological polar surface area (TPSA) is 79.4 Å². The number of ether oxygens (including phenoxy) is 1. The Hall–Kier alpha value is -2.74. The van der Waals surface area contributed by atoms with E-state index in [4.69, 9.17) is 4.74 Å². The second-order valence-corrected chi connectivity index (χ2v) is 4.93. The minimum Gasteiger partial charge on any atom is -0.378 e. The van der Waals surface area contributed by atoms with E-state index in [-0.39, 0.29) is 5.69 Å². The molecule has 0 radical (unpaired) electrons. The van der Waals surface area contributed by atoms with Crippen LogP contribution in [0.15, 0.2) is 36.7 Å². The molecule has 3 rings (SSSR count). The number of nitrogens with one attached hydrogen (secondary N) is 2. The number of carbonyl (C=O) groups is 1. The molecular weight excluding hydrogens is 301 g/mol. The molecule has 1 fully saturated rings. The van der Waals surface area contributed by atoms with Crippen molar-refractivity contribution in [3.05, 3.63) is 42.5 Å². The van der Waals surface area contributed by atoms with Crippen molar-refractivity contribution in [1.82, 2.24) is 9.97 Å². The lowest BCUT2D eigenvalue weighted by atomic mass is 10.3. The van der Waals surface area contributed by atoms with Crippen molar-refractivity contribution in [1.29, 1.82) is 0 Å². The standard InChI is InChI=1S/C15H16FN5O2/c16-12-3-1-2-4-13(12)20-15(22)19-11-9-17-14(18-10-11)21-5-7-23-8-6-21/h1-4,9-10H,5-8H2,(H2,19,20,22). The molecule has 1 aromatic heterocycles. The van der Waals surface area contributed by atoms with Crippen LogP contribution in [-0.4, -0.2) is 42.3 Å². The van der Waals surface area contributed by atoms with Crippen LogP contribution in [-0.2, 0) is 4.74 Å². The molecule has 0 aliphatic carbocycles. The number of para-hydroxylation sites is 1.